The zero-order valence-corrected chi connectivity index (χ0v) is 8.36. The highest BCUT2D eigenvalue weighted by atomic mass is 14.9. The van der Waals surface area contributed by atoms with Gasteiger partial charge >= 0.3 is 0 Å². The summed E-state index contributed by atoms with van der Waals surface area (Å²) in [5, 5.41) is 1.03. The van der Waals surface area contributed by atoms with E-state index in [0.29, 0.717) is 5.92 Å². The van der Waals surface area contributed by atoms with Crippen molar-refractivity contribution in [2.45, 2.75) is 19.8 Å². The van der Waals surface area contributed by atoms with Crippen molar-refractivity contribution in [2.24, 2.45) is 0 Å². The molecular formula is C11H13N3. The molecule has 0 aliphatic heterocycles. The van der Waals surface area contributed by atoms with Crippen LogP contribution in [0.5, 0.6) is 0 Å². The number of rotatable bonds is 1. The normalized spacial score (nSPS) is 11.1. The van der Waals surface area contributed by atoms with Crippen LogP contribution >= 0.6 is 0 Å². The van der Waals surface area contributed by atoms with Gasteiger partial charge < -0.3 is 5.73 Å². The third kappa shape index (κ3) is 1.53. The summed E-state index contributed by atoms with van der Waals surface area (Å²) in [6.45, 7) is 4.15. The van der Waals surface area contributed by atoms with E-state index in [1.807, 2.05) is 24.4 Å². The summed E-state index contributed by atoms with van der Waals surface area (Å²) < 4.78 is 0. The minimum Gasteiger partial charge on any atom is -0.399 e. The molecule has 1 aromatic heterocycles. The maximum atomic E-state index is 5.69. The zero-order chi connectivity index (χ0) is 10.1. The van der Waals surface area contributed by atoms with Crippen molar-refractivity contribution in [2.75, 3.05) is 5.73 Å². The Bertz CT molecular complexity index is 463. The van der Waals surface area contributed by atoms with Gasteiger partial charge in [-0.05, 0) is 18.2 Å². The Labute approximate surface area is 83.0 Å². The number of fused-ring (bicyclic) bond motifs is 1. The first kappa shape index (κ1) is 8.94. The van der Waals surface area contributed by atoms with Crippen LogP contribution in [0.4, 0.5) is 5.69 Å². The van der Waals surface area contributed by atoms with Crippen LogP contribution < -0.4 is 5.73 Å². The van der Waals surface area contributed by atoms with Crippen molar-refractivity contribution in [1.29, 1.82) is 0 Å². The van der Waals surface area contributed by atoms with E-state index in [0.717, 1.165) is 22.4 Å². The highest BCUT2D eigenvalue weighted by Crippen LogP contribution is 2.17. The summed E-state index contributed by atoms with van der Waals surface area (Å²) in [6.07, 6.45) is 1.84. The number of hydrogen-bond donors (Lipinski definition) is 1. The first-order valence-corrected chi connectivity index (χ1v) is 4.69. The lowest BCUT2D eigenvalue weighted by molar-refractivity contribution is 0.783. The molecule has 0 amide bonds. The summed E-state index contributed by atoms with van der Waals surface area (Å²) in [7, 11) is 0. The highest BCUT2D eigenvalue weighted by Gasteiger charge is 2.03. The molecule has 0 spiro atoms. The predicted molar refractivity (Wildman–Crippen MR) is 58.0 cm³/mol. The summed E-state index contributed by atoms with van der Waals surface area (Å²) >= 11 is 0. The Kier molecular flexibility index (Phi) is 2.08. The van der Waals surface area contributed by atoms with Gasteiger partial charge in [0.15, 0.2) is 0 Å². The van der Waals surface area contributed by atoms with E-state index in [4.69, 9.17) is 5.73 Å². The minimum atomic E-state index is 0.348. The van der Waals surface area contributed by atoms with Crippen molar-refractivity contribution in [3.63, 3.8) is 0 Å². The molecule has 0 aliphatic rings. The Morgan fingerprint density at radius 3 is 2.79 bits per heavy atom. The van der Waals surface area contributed by atoms with E-state index in [9.17, 15) is 0 Å². The summed E-state index contributed by atoms with van der Waals surface area (Å²) in [5.74, 6) is 1.21. The second kappa shape index (κ2) is 3.25. The number of aromatic nitrogens is 2. The fraction of sp³-hybridized carbons (Fsp3) is 0.273. The van der Waals surface area contributed by atoms with E-state index in [1.165, 1.54) is 0 Å². The maximum Gasteiger partial charge on any atom is 0.131 e. The molecule has 3 nitrogen and oxygen atoms in total. The monoisotopic (exact) mass is 187 g/mol. The van der Waals surface area contributed by atoms with Gasteiger partial charge in [0, 0.05) is 23.2 Å². The number of benzene rings is 1. The fourth-order valence-corrected chi connectivity index (χ4v) is 1.33. The smallest absolute Gasteiger partial charge is 0.131 e. The lowest BCUT2D eigenvalue weighted by Crippen LogP contribution is -1.97. The topological polar surface area (TPSA) is 51.8 Å². The van der Waals surface area contributed by atoms with E-state index >= 15 is 0 Å². The molecule has 14 heavy (non-hydrogen) atoms. The van der Waals surface area contributed by atoms with Crippen molar-refractivity contribution in [3.05, 3.63) is 30.2 Å². The second-order valence-electron chi connectivity index (χ2n) is 3.70. The highest BCUT2D eigenvalue weighted by molar-refractivity contribution is 5.80. The predicted octanol–water partition coefficient (Wildman–Crippen LogP) is 2.34. The largest absolute Gasteiger partial charge is 0.399 e. The molecule has 0 atom stereocenters. The third-order valence-corrected chi connectivity index (χ3v) is 2.14. The molecule has 72 valence electrons. The SMILES string of the molecule is CC(C)c1ncc2ccc(N)cc2n1. The standard InChI is InChI=1S/C11H13N3/c1-7(2)11-13-6-8-3-4-9(12)5-10(8)14-11/h3-7H,12H2,1-2H3. The average Bonchev–Trinajstić information content (AvgIpc) is 2.16. The molecule has 1 aromatic carbocycles. The summed E-state index contributed by atoms with van der Waals surface area (Å²) in [5.41, 5.74) is 7.35. The molecule has 0 saturated carbocycles. The minimum absolute atomic E-state index is 0.348. The molecule has 1 heterocycles. The van der Waals surface area contributed by atoms with Gasteiger partial charge in [0.2, 0.25) is 0 Å². The second-order valence-corrected chi connectivity index (χ2v) is 3.70. The van der Waals surface area contributed by atoms with Crippen molar-refractivity contribution in [1.82, 2.24) is 9.97 Å². The van der Waals surface area contributed by atoms with Gasteiger partial charge in [-0.15, -0.1) is 0 Å². The zero-order valence-electron chi connectivity index (χ0n) is 8.36. The molecule has 3 heteroatoms. The molecule has 2 rings (SSSR count). The molecule has 2 N–H and O–H groups in total. The lowest BCUT2D eigenvalue weighted by Gasteiger charge is -2.04. The Morgan fingerprint density at radius 2 is 2.07 bits per heavy atom. The van der Waals surface area contributed by atoms with E-state index in [2.05, 4.69) is 23.8 Å². The van der Waals surface area contributed by atoms with Crippen LogP contribution in [0.25, 0.3) is 10.9 Å². The quantitative estimate of drug-likeness (QED) is 0.697. The van der Waals surface area contributed by atoms with Gasteiger partial charge in [0.25, 0.3) is 0 Å². The number of nitrogens with two attached hydrogens (primary N) is 1. The van der Waals surface area contributed by atoms with Crippen LogP contribution in [0, 0.1) is 0 Å². The Morgan fingerprint density at radius 1 is 1.29 bits per heavy atom. The molecule has 0 aliphatic carbocycles. The summed E-state index contributed by atoms with van der Waals surface area (Å²) in [6, 6.07) is 5.68. The number of hydrogen-bond acceptors (Lipinski definition) is 3. The third-order valence-electron chi connectivity index (χ3n) is 2.14. The maximum absolute atomic E-state index is 5.69. The van der Waals surface area contributed by atoms with Gasteiger partial charge in [-0.2, -0.15) is 0 Å². The van der Waals surface area contributed by atoms with Gasteiger partial charge in [-0.25, -0.2) is 9.97 Å². The van der Waals surface area contributed by atoms with Crippen LogP contribution in [-0.2, 0) is 0 Å². The number of nitrogen functional groups attached to an aromatic ring is 1. The van der Waals surface area contributed by atoms with Crippen molar-refractivity contribution < 1.29 is 0 Å². The van der Waals surface area contributed by atoms with Crippen molar-refractivity contribution in [3.8, 4) is 0 Å². The van der Waals surface area contributed by atoms with E-state index < -0.39 is 0 Å². The van der Waals surface area contributed by atoms with Crippen LogP contribution in [-0.4, -0.2) is 9.97 Å². The number of anilines is 1. The van der Waals surface area contributed by atoms with E-state index in [-0.39, 0.29) is 0 Å². The number of nitrogens with zero attached hydrogens (tertiary/aromatic N) is 2. The van der Waals surface area contributed by atoms with Gasteiger partial charge in [-0.1, -0.05) is 13.8 Å². The summed E-state index contributed by atoms with van der Waals surface area (Å²) in [4.78, 5) is 8.73. The fourth-order valence-electron chi connectivity index (χ4n) is 1.33. The Hall–Kier alpha value is -1.64. The first-order valence-electron chi connectivity index (χ1n) is 4.69. The van der Waals surface area contributed by atoms with Gasteiger partial charge in [0.05, 0.1) is 5.52 Å². The average molecular weight is 187 g/mol. The molecule has 0 bridgehead atoms. The molecular weight excluding hydrogens is 174 g/mol. The first-order chi connectivity index (χ1) is 6.66. The lowest BCUT2D eigenvalue weighted by atomic mass is 10.2. The van der Waals surface area contributed by atoms with Crippen LogP contribution in [0.2, 0.25) is 0 Å². The molecule has 0 unspecified atom stereocenters. The molecule has 2 aromatic rings. The van der Waals surface area contributed by atoms with E-state index in [1.54, 1.807) is 0 Å². The molecule has 0 radical (unpaired) electrons. The molecule has 0 saturated heterocycles. The van der Waals surface area contributed by atoms with Crippen LogP contribution in [0.1, 0.15) is 25.6 Å². The molecule has 0 fully saturated rings. The van der Waals surface area contributed by atoms with Gasteiger partial charge in [0.1, 0.15) is 5.82 Å². The van der Waals surface area contributed by atoms with Crippen LogP contribution in [0.15, 0.2) is 24.4 Å². The van der Waals surface area contributed by atoms with Crippen LogP contribution in [0.3, 0.4) is 0 Å². The van der Waals surface area contributed by atoms with Gasteiger partial charge in [-0.3, -0.25) is 0 Å². The Balaban J connectivity index is 2.63. The van der Waals surface area contributed by atoms with Crippen molar-refractivity contribution >= 4 is 16.6 Å².